The fraction of sp³-hybridized carbons (Fsp3) is 0.714. The molecule has 1 rings (SSSR count). The minimum atomic E-state index is 0.404. The largest absolute Gasteiger partial charge is 0.314 e. The zero-order chi connectivity index (χ0) is 12.0. The molecule has 1 nitrogen and oxygen atoms in total. The van der Waals surface area contributed by atoms with Crippen LogP contribution in [0.3, 0.4) is 0 Å². The summed E-state index contributed by atoms with van der Waals surface area (Å²) >= 11 is 1.80. The van der Waals surface area contributed by atoms with Gasteiger partial charge in [-0.1, -0.05) is 27.7 Å². The van der Waals surface area contributed by atoms with Gasteiger partial charge in [0.15, 0.2) is 0 Å². The molecule has 1 aromatic rings. The molecule has 0 spiro atoms. The van der Waals surface area contributed by atoms with Gasteiger partial charge in [0, 0.05) is 6.04 Å². The van der Waals surface area contributed by atoms with Gasteiger partial charge in [-0.25, -0.2) is 0 Å². The Labute approximate surface area is 104 Å². The first-order valence-corrected chi connectivity index (χ1v) is 7.20. The first kappa shape index (κ1) is 13.7. The monoisotopic (exact) mass is 239 g/mol. The summed E-state index contributed by atoms with van der Waals surface area (Å²) in [4.78, 5) is 0. The molecular formula is C14H25NS. The summed E-state index contributed by atoms with van der Waals surface area (Å²) in [5, 5.41) is 8.11. The Balaban J connectivity index is 2.50. The van der Waals surface area contributed by atoms with Crippen molar-refractivity contribution in [1.29, 1.82) is 0 Å². The van der Waals surface area contributed by atoms with Crippen LogP contribution in [0, 0.1) is 5.41 Å². The van der Waals surface area contributed by atoms with Crippen molar-refractivity contribution in [1.82, 2.24) is 5.32 Å². The van der Waals surface area contributed by atoms with Crippen LogP contribution in [0.4, 0.5) is 0 Å². The number of thiophene rings is 1. The lowest BCUT2D eigenvalue weighted by Gasteiger charge is -2.26. The summed E-state index contributed by atoms with van der Waals surface area (Å²) in [5.74, 6) is 0. The zero-order valence-electron chi connectivity index (χ0n) is 11.0. The van der Waals surface area contributed by atoms with Crippen LogP contribution in [-0.2, 0) is 6.42 Å². The molecule has 0 bridgehead atoms. The highest BCUT2D eigenvalue weighted by Gasteiger charge is 2.18. The van der Waals surface area contributed by atoms with Crippen molar-refractivity contribution in [2.75, 3.05) is 6.54 Å². The first-order valence-electron chi connectivity index (χ1n) is 6.26. The van der Waals surface area contributed by atoms with E-state index in [1.807, 2.05) is 0 Å². The van der Waals surface area contributed by atoms with Gasteiger partial charge in [0.25, 0.3) is 0 Å². The van der Waals surface area contributed by atoms with Gasteiger partial charge in [-0.15, -0.1) is 0 Å². The number of hydrogen-bond donors (Lipinski definition) is 1. The topological polar surface area (TPSA) is 12.0 Å². The van der Waals surface area contributed by atoms with E-state index in [0.29, 0.717) is 11.5 Å². The maximum atomic E-state index is 3.67. The van der Waals surface area contributed by atoms with E-state index in [4.69, 9.17) is 0 Å². The molecular weight excluding hydrogens is 214 g/mol. The van der Waals surface area contributed by atoms with Crippen molar-refractivity contribution in [3.63, 3.8) is 0 Å². The summed E-state index contributed by atoms with van der Waals surface area (Å²) < 4.78 is 0. The first-order chi connectivity index (χ1) is 7.51. The molecule has 0 aliphatic heterocycles. The summed E-state index contributed by atoms with van der Waals surface area (Å²) in [6.45, 7) is 10.3. The summed E-state index contributed by atoms with van der Waals surface area (Å²) in [7, 11) is 0. The molecule has 1 unspecified atom stereocenters. The normalized spacial score (nSPS) is 14.0. The van der Waals surface area contributed by atoms with Gasteiger partial charge < -0.3 is 5.32 Å². The van der Waals surface area contributed by atoms with E-state index < -0.39 is 0 Å². The number of nitrogens with one attached hydrogen (secondary N) is 1. The molecule has 0 aliphatic rings. The highest BCUT2D eigenvalue weighted by molar-refractivity contribution is 7.07. The van der Waals surface area contributed by atoms with Crippen molar-refractivity contribution in [3.8, 4) is 0 Å². The molecule has 0 saturated heterocycles. The van der Waals surface area contributed by atoms with Gasteiger partial charge in [-0.2, -0.15) is 11.3 Å². The molecule has 1 N–H and O–H groups in total. The van der Waals surface area contributed by atoms with Crippen LogP contribution in [0.1, 0.15) is 46.1 Å². The number of hydrogen-bond acceptors (Lipinski definition) is 2. The van der Waals surface area contributed by atoms with Gasteiger partial charge in [-0.3, -0.25) is 0 Å². The van der Waals surface area contributed by atoms with Crippen LogP contribution < -0.4 is 5.32 Å². The molecule has 16 heavy (non-hydrogen) atoms. The van der Waals surface area contributed by atoms with Crippen molar-refractivity contribution < 1.29 is 0 Å². The average molecular weight is 239 g/mol. The predicted octanol–water partition coefficient (Wildman–Crippen LogP) is 4.10. The molecule has 0 aromatic carbocycles. The van der Waals surface area contributed by atoms with Crippen LogP contribution in [-0.4, -0.2) is 12.6 Å². The maximum Gasteiger partial charge on any atom is 0.0113 e. The summed E-state index contributed by atoms with van der Waals surface area (Å²) in [5.41, 5.74) is 1.88. The van der Waals surface area contributed by atoms with Gasteiger partial charge >= 0.3 is 0 Å². The quantitative estimate of drug-likeness (QED) is 0.788. The molecule has 1 aromatic heterocycles. The van der Waals surface area contributed by atoms with E-state index in [9.17, 15) is 0 Å². The lowest BCUT2D eigenvalue weighted by atomic mass is 9.86. The third kappa shape index (κ3) is 5.66. The van der Waals surface area contributed by atoms with Crippen LogP contribution >= 0.6 is 11.3 Å². The standard InChI is InChI=1S/C14H25NS/c1-5-7-15-13(10-14(2,3)4)9-12-6-8-16-11-12/h6,8,11,13,15H,5,7,9-10H2,1-4H3. The Morgan fingerprint density at radius 3 is 2.62 bits per heavy atom. The van der Waals surface area contributed by atoms with Gasteiger partial charge in [-0.05, 0) is 53.6 Å². The van der Waals surface area contributed by atoms with Crippen molar-refractivity contribution >= 4 is 11.3 Å². The van der Waals surface area contributed by atoms with E-state index >= 15 is 0 Å². The van der Waals surface area contributed by atoms with Gasteiger partial charge in [0.2, 0.25) is 0 Å². The number of rotatable bonds is 6. The Morgan fingerprint density at radius 1 is 1.38 bits per heavy atom. The third-order valence-electron chi connectivity index (χ3n) is 2.60. The summed E-state index contributed by atoms with van der Waals surface area (Å²) in [6.07, 6.45) is 3.62. The van der Waals surface area contributed by atoms with Gasteiger partial charge in [0.1, 0.15) is 0 Å². The molecule has 2 heteroatoms. The van der Waals surface area contributed by atoms with E-state index in [1.54, 1.807) is 11.3 Å². The molecule has 1 atom stereocenters. The van der Waals surface area contributed by atoms with Crippen molar-refractivity contribution in [3.05, 3.63) is 22.4 Å². The molecule has 0 aliphatic carbocycles. The van der Waals surface area contributed by atoms with E-state index in [-0.39, 0.29) is 0 Å². The van der Waals surface area contributed by atoms with Crippen molar-refractivity contribution in [2.24, 2.45) is 5.41 Å². The predicted molar refractivity (Wildman–Crippen MR) is 74.2 cm³/mol. The van der Waals surface area contributed by atoms with Gasteiger partial charge in [0.05, 0.1) is 0 Å². The Hall–Kier alpha value is -0.340. The minimum absolute atomic E-state index is 0.404. The molecule has 0 radical (unpaired) electrons. The second kappa shape index (κ2) is 6.41. The molecule has 0 fully saturated rings. The smallest absolute Gasteiger partial charge is 0.0113 e. The van der Waals surface area contributed by atoms with E-state index in [2.05, 4.69) is 49.8 Å². The van der Waals surface area contributed by atoms with E-state index in [0.717, 1.165) is 6.54 Å². The fourth-order valence-electron chi connectivity index (χ4n) is 2.00. The van der Waals surface area contributed by atoms with Crippen LogP contribution in [0.2, 0.25) is 0 Å². The van der Waals surface area contributed by atoms with Crippen LogP contribution in [0.15, 0.2) is 16.8 Å². The third-order valence-corrected chi connectivity index (χ3v) is 3.34. The molecule has 92 valence electrons. The van der Waals surface area contributed by atoms with E-state index in [1.165, 1.54) is 24.8 Å². The Kier molecular flexibility index (Phi) is 5.50. The fourth-order valence-corrected chi connectivity index (χ4v) is 2.68. The second-order valence-electron chi connectivity index (χ2n) is 5.75. The Bertz CT molecular complexity index is 271. The zero-order valence-corrected chi connectivity index (χ0v) is 11.9. The maximum absolute atomic E-state index is 3.67. The lowest BCUT2D eigenvalue weighted by molar-refractivity contribution is 0.307. The highest BCUT2D eigenvalue weighted by atomic mass is 32.1. The average Bonchev–Trinajstić information content (AvgIpc) is 2.64. The lowest BCUT2D eigenvalue weighted by Crippen LogP contribution is -2.35. The second-order valence-corrected chi connectivity index (χ2v) is 6.53. The Morgan fingerprint density at radius 2 is 2.12 bits per heavy atom. The van der Waals surface area contributed by atoms with Crippen molar-refractivity contribution in [2.45, 2.75) is 53.0 Å². The minimum Gasteiger partial charge on any atom is -0.314 e. The van der Waals surface area contributed by atoms with Crippen LogP contribution in [0.5, 0.6) is 0 Å². The molecule has 0 saturated carbocycles. The molecule has 1 heterocycles. The van der Waals surface area contributed by atoms with Crippen LogP contribution in [0.25, 0.3) is 0 Å². The summed E-state index contributed by atoms with van der Waals surface area (Å²) in [6, 6.07) is 2.86. The highest BCUT2D eigenvalue weighted by Crippen LogP contribution is 2.23. The molecule has 0 amide bonds. The SMILES string of the molecule is CCCNC(Cc1ccsc1)CC(C)(C)C.